The molecule has 1 fully saturated rings. The first-order valence-electron chi connectivity index (χ1n) is 6.95. The van der Waals surface area contributed by atoms with E-state index in [0.29, 0.717) is 0 Å². The maximum absolute atomic E-state index is 4.53. The Bertz CT molecular complexity index is 551. The molecule has 1 aliphatic rings. The van der Waals surface area contributed by atoms with E-state index in [1.54, 1.807) is 0 Å². The van der Waals surface area contributed by atoms with Gasteiger partial charge in [-0.25, -0.2) is 4.98 Å². The molecular formula is C16H18BrN3. The van der Waals surface area contributed by atoms with Crippen LogP contribution in [0.15, 0.2) is 53.1 Å². The summed E-state index contributed by atoms with van der Waals surface area (Å²) in [6.07, 6.45) is 0. The van der Waals surface area contributed by atoms with E-state index in [9.17, 15) is 0 Å². The van der Waals surface area contributed by atoms with Crippen LogP contribution in [-0.2, 0) is 6.54 Å². The molecule has 0 radical (unpaired) electrons. The second-order valence-corrected chi connectivity index (χ2v) is 5.88. The van der Waals surface area contributed by atoms with Crippen molar-refractivity contribution in [3.63, 3.8) is 0 Å². The van der Waals surface area contributed by atoms with Gasteiger partial charge in [-0.15, -0.1) is 0 Å². The van der Waals surface area contributed by atoms with Gasteiger partial charge in [0.15, 0.2) is 0 Å². The summed E-state index contributed by atoms with van der Waals surface area (Å²) in [7, 11) is 0. The minimum Gasteiger partial charge on any atom is -0.354 e. The van der Waals surface area contributed by atoms with Crippen LogP contribution in [0.1, 0.15) is 5.56 Å². The van der Waals surface area contributed by atoms with Crippen molar-refractivity contribution in [3.8, 4) is 0 Å². The van der Waals surface area contributed by atoms with Crippen molar-refractivity contribution in [2.75, 3.05) is 31.1 Å². The summed E-state index contributed by atoms with van der Waals surface area (Å²) in [6.45, 7) is 5.29. The predicted molar refractivity (Wildman–Crippen MR) is 85.9 cm³/mol. The standard InChI is InChI=1S/C16H18BrN3/c17-15-7-4-8-16(18-15)20-11-9-19(10-12-20)13-14-5-2-1-3-6-14/h1-8H,9-13H2. The average molecular weight is 332 g/mol. The summed E-state index contributed by atoms with van der Waals surface area (Å²) in [5, 5.41) is 0. The van der Waals surface area contributed by atoms with Gasteiger partial charge in [0.05, 0.1) is 0 Å². The Morgan fingerprint density at radius 3 is 2.35 bits per heavy atom. The Hall–Kier alpha value is -1.39. The number of benzene rings is 1. The summed E-state index contributed by atoms with van der Waals surface area (Å²) < 4.78 is 0.904. The molecule has 0 aliphatic carbocycles. The third-order valence-corrected chi connectivity index (χ3v) is 4.09. The Balaban J connectivity index is 1.57. The highest BCUT2D eigenvalue weighted by Gasteiger charge is 2.17. The predicted octanol–water partition coefficient (Wildman–Crippen LogP) is 3.17. The highest BCUT2D eigenvalue weighted by atomic mass is 79.9. The van der Waals surface area contributed by atoms with Crippen LogP contribution in [0.25, 0.3) is 0 Å². The molecule has 1 aromatic carbocycles. The molecule has 0 amide bonds. The monoisotopic (exact) mass is 331 g/mol. The van der Waals surface area contributed by atoms with Gasteiger partial charge in [-0.05, 0) is 33.6 Å². The highest BCUT2D eigenvalue weighted by Crippen LogP contribution is 2.17. The maximum Gasteiger partial charge on any atom is 0.129 e. The molecule has 0 bridgehead atoms. The summed E-state index contributed by atoms with van der Waals surface area (Å²) in [5.41, 5.74) is 1.39. The number of piperazine rings is 1. The molecule has 104 valence electrons. The van der Waals surface area contributed by atoms with E-state index in [1.807, 2.05) is 12.1 Å². The summed E-state index contributed by atoms with van der Waals surface area (Å²) in [5.74, 6) is 1.07. The quantitative estimate of drug-likeness (QED) is 0.805. The van der Waals surface area contributed by atoms with E-state index >= 15 is 0 Å². The largest absolute Gasteiger partial charge is 0.354 e. The zero-order chi connectivity index (χ0) is 13.8. The fraction of sp³-hybridized carbons (Fsp3) is 0.312. The fourth-order valence-corrected chi connectivity index (χ4v) is 2.88. The smallest absolute Gasteiger partial charge is 0.129 e. The van der Waals surface area contributed by atoms with Crippen LogP contribution < -0.4 is 4.90 Å². The van der Waals surface area contributed by atoms with E-state index in [2.05, 4.69) is 67.1 Å². The molecule has 3 rings (SSSR count). The van der Waals surface area contributed by atoms with E-state index in [4.69, 9.17) is 0 Å². The molecule has 0 unspecified atom stereocenters. The minimum absolute atomic E-state index is 0.904. The van der Waals surface area contributed by atoms with Gasteiger partial charge in [-0.3, -0.25) is 4.90 Å². The van der Waals surface area contributed by atoms with Gasteiger partial charge < -0.3 is 4.90 Å². The van der Waals surface area contributed by atoms with Crippen molar-refractivity contribution in [1.82, 2.24) is 9.88 Å². The van der Waals surface area contributed by atoms with E-state index in [0.717, 1.165) is 43.1 Å². The minimum atomic E-state index is 0.904. The van der Waals surface area contributed by atoms with Crippen molar-refractivity contribution in [2.45, 2.75) is 6.54 Å². The number of hydrogen-bond donors (Lipinski definition) is 0. The maximum atomic E-state index is 4.53. The van der Waals surface area contributed by atoms with Crippen LogP contribution in [0.2, 0.25) is 0 Å². The second kappa shape index (κ2) is 6.37. The van der Waals surface area contributed by atoms with Gasteiger partial charge in [0.2, 0.25) is 0 Å². The number of rotatable bonds is 3. The molecule has 3 nitrogen and oxygen atoms in total. The van der Waals surface area contributed by atoms with Gasteiger partial charge in [-0.1, -0.05) is 36.4 Å². The van der Waals surface area contributed by atoms with Crippen LogP contribution in [0, 0.1) is 0 Å². The van der Waals surface area contributed by atoms with E-state index in [-0.39, 0.29) is 0 Å². The van der Waals surface area contributed by atoms with Crippen LogP contribution in [0.3, 0.4) is 0 Å². The molecule has 0 saturated carbocycles. The second-order valence-electron chi connectivity index (χ2n) is 5.07. The Morgan fingerprint density at radius 2 is 1.65 bits per heavy atom. The number of anilines is 1. The van der Waals surface area contributed by atoms with Gasteiger partial charge in [0, 0.05) is 32.7 Å². The molecule has 1 aromatic heterocycles. The van der Waals surface area contributed by atoms with Crippen LogP contribution >= 0.6 is 15.9 Å². The molecule has 0 spiro atoms. The van der Waals surface area contributed by atoms with E-state index in [1.165, 1.54) is 5.56 Å². The van der Waals surface area contributed by atoms with Gasteiger partial charge in [0.1, 0.15) is 10.4 Å². The van der Waals surface area contributed by atoms with E-state index < -0.39 is 0 Å². The Labute approximate surface area is 128 Å². The first-order chi connectivity index (χ1) is 9.81. The highest BCUT2D eigenvalue weighted by molar-refractivity contribution is 9.10. The lowest BCUT2D eigenvalue weighted by atomic mass is 10.2. The lowest BCUT2D eigenvalue weighted by Crippen LogP contribution is -2.46. The molecule has 20 heavy (non-hydrogen) atoms. The summed E-state index contributed by atoms with van der Waals surface area (Å²) in [6, 6.07) is 16.8. The molecule has 1 saturated heterocycles. The van der Waals surface area contributed by atoms with Crippen molar-refractivity contribution >= 4 is 21.7 Å². The topological polar surface area (TPSA) is 19.4 Å². The molecule has 2 aromatic rings. The summed E-state index contributed by atoms with van der Waals surface area (Å²) >= 11 is 3.44. The average Bonchev–Trinajstić information content (AvgIpc) is 2.49. The number of hydrogen-bond acceptors (Lipinski definition) is 3. The summed E-state index contributed by atoms with van der Waals surface area (Å²) in [4.78, 5) is 9.39. The normalized spacial score (nSPS) is 16.4. The zero-order valence-electron chi connectivity index (χ0n) is 11.4. The lowest BCUT2D eigenvalue weighted by Gasteiger charge is -2.35. The lowest BCUT2D eigenvalue weighted by molar-refractivity contribution is 0.249. The Kier molecular flexibility index (Phi) is 4.33. The molecular weight excluding hydrogens is 314 g/mol. The first kappa shape index (κ1) is 13.6. The van der Waals surface area contributed by atoms with Crippen molar-refractivity contribution < 1.29 is 0 Å². The van der Waals surface area contributed by atoms with Crippen LogP contribution in [0.4, 0.5) is 5.82 Å². The van der Waals surface area contributed by atoms with Crippen LogP contribution in [-0.4, -0.2) is 36.1 Å². The molecule has 2 heterocycles. The fourth-order valence-electron chi connectivity index (χ4n) is 2.55. The Morgan fingerprint density at radius 1 is 0.900 bits per heavy atom. The number of nitrogens with zero attached hydrogens (tertiary/aromatic N) is 3. The van der Waals surface area contributed by atoms with Gasteiger partial charge in [-0.2, -0.15) is 0 Å². The zero-order valence-corrected chi connectivity index (χ0v) is 13.0. The SMILES string of the molecule is Brc1cccc(N2CCN(Cc3ccccc3)CC2)n1. The molecule has 0 atom stereocenters. The van der Waals surface area contributed by atoms with Gasteiger partial charge in [0.25, 0.3) is 0 Å². The van der Waals surface area contributed by atoms with Crippen LogP contribution in [0.5, 0.6) is 0 Å². The first-order valence-corrected chi connectivity index (χ1v) is 7.74. The molecule has 4 heteroatoms. The molecule has 1 aliphatic heterocycles. The van der Waals surface area contributed by atoms with Crippen molar-refractivity contribution in [1.29, 1.82) is 0 Å². The van der Waals surface area contributed by atoms with Crippen molar-refractivity contribution in [3.05, 3.63) is 58.7 Å². The molecule has 0 N–H and O–H groups in total. The van der Waals surface area contributed by atoms with Gasteiger partial charge >= 0.3 is 0 Å². The third kappa shape index (κ3) is 3.38. The van der Waals surface area contributed by atoms with Crippen molar-refractivity contribution in [2.24, 2.45) is 0 Å². The number of pyridine rings is 1. The number of halogens is 1. The number of aromatic nitrogens is 1. The third-order valence-electron chi connectivity index (χ3n) is 3.65.